The van der Waals surface area contributed by atoms with Crippen molar-refractivity contribution in [1.29, 1.82) is 0 Å². The highest BCUT2D eigenvalue weighted by Gasteiger charge is 2.12. The predicted molar refractivity (Wildman–Crippen MR) is 91.3 cm³/mol. The van der Waals surface area contributed by atoms with Crippen molar-refractivity contribution < 1.29 is 4.79 Å². The molecule has 20 heavy (non-hydrogen) atoms. The zero-order valence-electron chi connectivity index (χ0n) is 11.1. The van der Waals surface area contributed by atoms with Crippen molar-refractivity contribution in [2.45, 2.75) is 6.92 Å². The van der Waals surface area contributed by atoms with Crippen molar-refractivity contribution in [2.24, 2.45) is 0 Å². The molecule has 0 fully saturated rings. The number of nitrogen functional groups attached to an aromatic ring is 1. The van der Waals surface area contributed by atoms with Gasteiger partial charge in [0.2, 0.25) is 0 Å². The Morgan fingerprint density at radius 2 is 1.95 bits per heavy atom. The van der Waals surface area contributed by atoms with Crippen molar-refractivity contribution in [3.05, 3.63) is 51.6 Å². The lowest BCUT2D eigenvalue weighted by atomic mass is 10.1. The van der Waals surface area contributed by atoms with E-state index in [4.69, 9.17) is 5.73 Å². The summed E-state index contributed by atoms with van der Waals surface area (Å²) in [6.07, 6.45) is 0. The van der Waals surface area contributed by atoms with Crippen LogP contribution in [0.3, 0.4) is 0 Å². The molecule has 5 heteroatoms. The second-order valence-electron chi connectivity index (χ2n) is 4.27. The molecule has 0 saturated carbocycles. The van der Waals surface area contributed by atoms with Gasteiger partial charge in [0.05, 0.1) is 16.9 Å². The van der Waals surface area contributed by atoms with Gasteiger partial charge in [-0.05, 0) is 59.8 Å². The topological polar surface area (TPSA) is 67.2 Å². The summed E-state index contributed by atoms with van der Waals surface area (Å²) in [6, 6.07) is 13.1. The van der Waals surface area contributed by atoms with Gasteiger partial charge in [0, 0.05) is 15.8 Å². The first kappa shape index (κ1) is 14.6. The van der Waals surface area contributed by atoms with Crippen LogP contribution in [0.15, 0.2) is 42.5 Å². The molecule has 0 atom stereocenters. The van der Waals surface area contributed by atoms with Crippen LogP contribution in [0.5, 0.6) is 0 Å². The number of rotatable bonds is 4. The van der Waals surface area contributed by atoms with Crippen molar-refractivity contribution in [1.82, 2.24) is 5.32 Å². The van der Waals surface area contributed by atoms with Crippen molar-refractivity contribution >= 4 is 45.6 Å². The normalized spacial score (nSPS) is 10.1. The molecular weight excluding hydrogens is 365 g/mol. The summed E-state index contributed by atoms with van der Waals surface area (Å²) in [4.78, 5) is 12.1. The van der Waals surface area contributed by atoms with Gasteiger partial charge in [-0.15, -0.1) is 0 Å². The second-order valence-corrected chi connectivity index (χ2v) is 5.43. The van der Waals surface area contributed by atoms with E-state index in [0.717, 1.165) is 9.26 Å². The summed E-state index contributed by atoms with van der Waals surface area (Å²) in [5.41, 5.74) is 8.68. The van der Waals surface area contributed by atoms with E-state index >= 15 is 0 Å². The molecule has 0 heterocycles. The minimum atomic E-state index is -0.110. The van der Waals surface area contributed by atoms with Crippen LogP contribution < -0.4 is 16.4 Å². The Labute approximate surface area is 131 Å². The van der Waals surface area contributed by atoms with Crippen LogP contribution in [0.2, 0.25) is 0 Å². The van der Waals surface area contributed by atoms with Gasteiger partial charge in [0.15, 0.2) is 0 Å². The maximum Gasteiger partial charge on any atom is 0.253 e. The fourth-order valence-electron chi connectivity index (χ4n) is 1.83. The van der Waals surface area contributed by atoms with Gasteiger partial charge in [-0.2, -0.15) is 0 Å². The number of anilines is 3. The summed E-state index contributed by atoms with van der Waals surface area (Å²) in [7, 11) is 0. The standard InChI is InChI=1S/C15H16IN3O/c1-2-18-15(20)11-8-7-10(17)9-14(11)19-13-6-4-3-5-12(13)16/h3-9,19H,2,17H2,1H3,(H,18,20). The maximum absolute atomic E-state index is 12.1. The van der Waals surface area contributed by atoms with Gasteiger partial charge in [-0.25, -0.2) is 0 Å². The SMILES string of the molecule is CCNC(=O)c1ccc(N)cc1Nc1ccccc1I. The Kier molecular flexibility index (Phi) is 4.84. The zero-order valence-corrected chi connectivity index (χ0v) is 13.3. The van der Waals surface area contributed by atoms with E-state index < -0.39 is 0 Å². The lowest BCUT2D eigenvalue weighted by molar-refractivity contribution is 0.0956. The fourth-order valence-corrected chi connectivity index (χ4v) is 2.35. The molecule has 2 aromatic carbocycles. The summed E-state index contributed by atoms with van der Waals surface area (Å²) < 4.78 is 1.08. The van der Waals surface area contributed by atoms with Crippen LogP contribution in [-0.2, 0) is 0 Å². The predicted octanol–water partition coefficient (Wildman–Crippen LogP) is 3.37. The van der Waals surface area contributed by atoms with Crippen LogP contribution in [-0.4, -0.2) is 12.5 Å². The summed E-state index contributed by atoms with van der Waals surface area (Å²) in [5, 5.41) is 6.07. The number of halogens is 1. The lowest BCUT2D eigenvalue weighted by Crippen LogP contribution is -2.23. The number of carbonyl (C=O) groups is 1. The molecular formula is C15H16IN3O. The van der Waals surface area contributed by atoms with Gasteiger partial charge < -0.3 is 16.4 Å². The number of amides is 1. The molecule has 0 aromatic heterocycles. The first-order valence-electron chi connectivity index (χ1n) is 6.31. The Bertz CT molecular complexity index is 628. The summed E-state index contributed by atoms with van der Waals surface area (Å²) >= 11 is 2.25. The first-order chi connectivity index (χ1) is 9.61. The molecule has 0 radical (unpaired) electrons. The molecule has 0 spiro atoms. The average molecular weight is 381 g/mol. The number of hydrogen-bond donors (Lipinski definition) is 3. The number of para-hydroxylation sites is 1. The van der Waals surface area contributed by atoms with Crippen LogP contribution >= 0.6 is 22.6 Å². The van der Waals surface area contributed by atoms with Crippen molar-refractivity contribution in [2.75, 3.05) is 17.6 Å². The molecule has 0 bridgehead atoms. The van der Waals surface area contributed by atoms with Gasteiger partial charge in [-0.3, -0.25) is 4.79 Å². The molecule has 0 unspecified atom stereocenters. The Morgan fingerprint density at radius 3 is 2.65 bits per heavy atom. The number of nitrogens with one attached hydrogen (secondary N) is 2. The van der Waals surface area contributed by atoms with E-state index in [1.54, 1.807) is 18.2 Å². The second kappa shape index (κ2) is 6.60. The van der Waals surface area contributed by atoms with Crippen molar-refractivity contribution in [3.63, 3.8) is 0 Å². The van der Waals surface area contributed by atoms with E-state index in [2.05, 4.69) is 33.2 Å². The summed E-state index contributed by atoms with van der Waals surface area (Å²) in [6.45, 7) is 2.48. The number of nitrogens with two attached hydrogens (primary N) is 1. The van der Waals surface area contributed by atoms with E-state index in [1.165, 1.54) is 0 Å². The Balaban J connectivity index is 2.37. The minimum Gasteiger partial charge on any atom is -0.399 e. The zero-order chi connectivity index (χ0) is 14.5. The maximum atomic E-state index is 12.1. The number of benzene rings is 2. The fraction of sp³-hybridized carbons (Fsp3) is 0.133. The van der Waals surface area contributed by atoms with E-state index in [9.17, 15) is 4.79 Å². The molecule has 2 rings (SSSR count). The number of carbonyl (C=O) groups excluding carboxylic acids is 1. The van der Waals surface area contributed by atoms with Crippen LogP contribution in [0, 0.1) is 3.57 Å². The first-order valence-corrected chi connectivity index (χ1v) is 7.39. The van der Waals surface area contributed by atoms with Crippen LogP contribution in [0.4, 0.5) is 17.1 Å². The van der Waals surface area contributed by atoms with Gasteiger partial charge >= 0.3 is 0 Å². The van der Waals surface area contributed by atoms with Crippen LogP contribution in [0.25, 0.3) is 0 Å². The van der Waals surface area contributed by atoms with Gasteiger partial charge in [0.1, 0.15) is 0 Å². The molecule has 4 nitrogen and oxygen atoms in total. The third kappa shape index (κ3) is 3.41. The molecule has 0 aliphatic rings. The number of hydrogen-bond acceptors (Lipinski definition) is 3. The minimum absolute atomic E-state index is 0.110. The largest absolute Gasteiger partial charge is 0.399 e. The average Bonchev–Trinajstić information content (AvgIpc) is 2.42. The highest BCUT2D eigenvalue weighted by Crippen LogP contribution is 2.26. The lowest BCUT2D eigenvalue weighted by Gasteiger charge is -2.13. The van der Waals surface area contributed by atoms with E-state index in [1.807, 2.05) is 31.2 Å². The molecule has 1 amide bonds. The summed E-state index contributed by atoms with van der Waals surface area (Å²) in [5.74, 6) is -0.110. The molecule has 4 N–H and O–H groups in total. The van der Waals surface area contributed by atoms with E-state index in [0.29, 0.717) is 23.5 Å². The highest BCUT2D eigenvalue weighted by atomic mass is 127. The molecule has 2 aromatic rings. The smallest absolute Gasteiger partial charge is 0.253 e. The molecule has 0 aliphatic heterocycles. The molecule has 0 saturated heterocycles. The highest BCUT2D eigenvalue weighted by molar-refractivity contribution is 14.1. The Hall–Kier alpha value is -1.76. The van der Waals surface area contributed by atoms with Gasteiger partial charge in [-0.1, -0.05) is 12.1 Å². The third-order valence-corrected chi connectivity index (χ3v) is 3.71. The van der Waals surface area contributed by atoms with Crippen molar-refractivity contribution in [3.8, 4) is 0 Å². The van der Waals surface area contributed by atoms with Crippen LogP contribution in [0.1, 0.15) is 17.3 Å². The van der Waals surface area contributed by atoms with E-state index in [-0.39, 0.29) is 5.91 Å². The van der Waals surface area contributed by atoms with Gasteiger partial charge in [0.25, 0.3) is 5.91 Å². The Morgan fingerprint density at radius 1 is 1.20 bits per heavy atom. The monoisotopic (exact) mass is 381 g/mol. The quantitative estimate of drug-likeness (QED) is 0.562. The molecule has 0 aliphatic carbocycles. The third-order valence-electron chi connectivity index (χ3n) is 2.77. The molecule has 104 valence electrons.